The highest BCUT2D eigenvalue weighted by molar-refractivity contribution is 6.23. The lowest BCUT2D eigenvalue weighted by Gasteiger charge is -2.26. The van der Waals surface area contributed by atoms with Crippen LogP contribution in [-0.2, 0) is 14.3 Å². The van der Waals surface area contributed by atoms with Crippen LogP contribution in [0.15, 0.2) is 36.4 Å². The Morgan fingerprint density at radius 1 is 1.35 bits per heavy atom. The van der Waals surface area contributed by atoms with Gasteiger partial charge in [0.05, 0.1) is 35.2 Å². The zero-order valence-electron chi connectivity index (χ0n) is 11.8. The van der Waals surface area contributed by atoms with Crippen LogP contribution in [0.5, 0.6) is 0 Å². The molecule has 3 aliphatic heterocycles. The second-order valence-corrected chi connectivity index (χ2v) is 5.85. The van der Waals surface area contributed by atoms with E-state index in [1.54, 1.807) is 12.2 Å². The number of hydrogen-bond donors (Lipinski definition) is 1. The molecule has 4 unspecified atom stereocenters. The van der Waals surface area contributed by atoms with Crippen molar-refractivity contribution < 1.29 is 24.4 Å². The summed E-state index contributed by atoms with van der Waals surface area (Å²) < 4.78 is 5.63. The van der Waals surface area contributed by atoms with Crippen molar-refractivity contribution in [3.8, 4) is 0 Å². The Morgan fingerprint density at radius 3 is 2.83 bits per heavy atom. The maximum absolute atomic E-state index is 12.7. The summed E-state index contributed by atoms with van der Waals surface area (Å²) in [5.74, 6) is -2.44. The van der Waals surface area contributed by atoms with Crippen molar-refractivity contribution in [3.63, 3.8) is 0 Å². The first-order valence-corrected chi connectivity index (χ1v) is 7.09. The summed E-state index contributed by atoms with van der Waals surface area (Å²) in [5, 5.41) is 20.5. The van der Waals surface area contributed by atoms with Crippen molar-refractivity contribution in [3.05, 3.63) is 46.5 Å². The molecule has 1 N–H and O–H groups in total. The van der Waals surface area contributed by atoms with Gasteiger partial charge in [-0.05, 0) is 6.07 Å². The molecule has 3 heterocycles. The minimum absolute atomic E-state index is 0.163. The van der Waals surface area contributed by atoms with Crippen molar-refractivity contribution in [1.82, 2.24) is 0 Å². The molecular weight excluding hydrogens is 304 g/mol. The van der Waals surface area contributed by atoms with Gasteiger partial charge in [-0.15, -0.1) is 0 Å². The summed E-state index contributed by atoms with van der Waals surface area (Å²) in [6.45, 7) is -0.400. The van der Waals surface area contributed by atoms with E-state index in [4.69, 9.17) is 4.74 Å². The Morgan fingerprint density at radius 2 is 2.13 bits per heavy atom. The second-order valence-electron chi connectivity index (χ2n) is 5.85. The number of imide groups is 1. The van der Waals surface area contributed by atoms with Gasteiger partial charge in [0, 0.05) is 12.1 Å². The molecule has 1 aromatic rings. The van der Waals surface area contributed by atoms with Gasteiger partial charge in [0.25, 0.3) is 5.69 Å². The average molecular weight is 316 g/mol. The van der Waals surface area contributed by atoms with Gasteiger partial charge in [0.1, 0.15) is 5.60 Å². The maximum atomic E-state index is 12.7. The van der Waals surface area contributed by atoms with Crippen LogP contribution >= 0.6 is 0 Å². The number of ether oxygens (including phenoxy) is 1. The van der Waals surface area contributed by atoms with Crippen molar-refractivity contribution in [2.45, 2.75) is 11.7 Å². The summed E-state index contributed by atoms with van der Waals surface area (Å²) in [6, 6.07) is 5.39. The van der Waals surface area contributed by atoms with Crippen molar-refractivity contribution in [2.75, 3.05) is 11.5 Å². The minimum Gasteiger partial charge on any atom is -0.393 e. The van der Waals surface area contributed by atoms with E-state index in [0.29, 0.717) is 0 Å². The van der Waals surface area contributed by atoms with Crippen LogP contribution in [0.4, 0.5) is 11.4 Å². The quantitative estimate of drug-likeness (QED) is 0.374. The maximum Gasteiger partial charge on any atom is 0.271 e. The summed E-state index contributed by atoms with van der Waals surface area (Å²) in [5.41, 5.74) is -1.21. The molecule has 0 aliphatic carbocycles. The molecule has 0 radical (unpaired) electrons. The number of anilines is 1. The largest absolute Gasteiger partial charge is 0.393 e. The number of nitro groups is 1. The Labute approximate surface area is 130 Å². The van der Waals surface area contributed by atoms with Crippen LogP contribution < -0.4 is 4.90 Å². The van der Waals surface area contributed by atoms with Crippen LogP contribution in [-0.4, -0.2) is 40.2 Å². The van der Waals surface area contributed by atoms with E-state index in [0.717, 1.165) is 4.90 Å². The highest BCUT2D eigenvalue weighted by Gasteiger charge is 2.67. The number of aliphatic hydroxyl groups excluding tert-OH is 1. The number of benzene rings is 1. The molecule has 0 spiro atoms. The fraction of sp³-hybridized carbons (Fsp3) is 0.333. The third-order valence-corrected chi connectivity index (χ3v) is 4.70. The lowest BCUT2D eigenvalue weighted by molar-refractivity contribution is -0.384. The van der Waals surface area contributed by atoms with E-state index in [1.165, 1.54) is 24.3 Å². The summed E-state index contributed by atoms with van der Waals surface area (Å²) in [4.78, 5) is 36.7. The summed E-state index contributed by atoms with van der Waals surface area (Å²) in [6.07, 6.45) is 2.76. The molecule has 118 valence electrons. The first kappa shape index (κ1) is 14.0. The van der Waals surface area contributed by atoms with Gasteiger partial charge in [-0.3, -0.25) is 19.7 Å². The molecule has 2 amide bonds. The fourth-order valence-corrected chi connectivity index (χ4v) is 3.68. The Kier molecular flexibility index (Phi) is 2.72. The van der Waals surface area contributed by atoms with Gasteiger partial charge in [0.2, 0.25) is 11.8 Å². The summed E-state index contributed by atoms with van der Waals surface area (Å²) in [7, 11) is 0. The molecule has 8 heteroatoms. The van der Waals surface area contributed by atoms with E-state index < -0.39 is 46.9 Å². The second kappa shape index (κ2) is 4.46. The van der Waals surface area contributed by atoms with Gasteiger partial charge < -0.3 is 9.84 Å². The van der Waals surface area contributed by atoms with E-state index >= 15 is 0 Å². The molecule has 2 fully saturated rings. The third-order valence-electron chi connectivity index (χ3n) is 4.70. The smallest absolute Gasteiger partial charge is 0.271 e. The predicted octanol–water partition coefficient (Wildman–Crippen LogP) is 0.400. The molecule has 2 saturated heterocycles. The topological polar surface area (TPSA) is 110 Å². The zero-order chi connectivity index (χ0) is 16.4. The lowest BCUT2D eigenvalue weighted by atomic mass is 9.77. The average Bonchev–Trinajstić information content (AvgIpc) is 3.18. The number of hydrogen-bond acceptors (Lipinski definition) is 6. The Hall–Kier alpha value is -2.58. The number of carbonyl (C=O) groups excluding carboxylic acids is 2. The van der Waals surface area contributed by atoms with E-state index in [9.17, 15) is 24.8 Å². The molecule has 4 atom stereocenters. The van der Waals surface area contributed by atoms with Crippen LogP contribution in [0.2, 0.25) is 0 Å². The molecule has 3 aliphatic rings. The SMILES string of the molecule is O=C1C2C3C=CC(CO)(O3)C2C(=O)N1c1cccc([N+](=O)[O-])c1. The monoisotopic (exact) mass is 316 g/mol. The van der Waals surface area contributed by atoms with Crippen LogP contribution in [0.25, 0.3) is 0 Å². The molecule has 1 aromatic carbocycles. The zero-order valence-corrected chi connectivity index (χ0v) is 11.8. The van der Waals surface area contributed by atoms with Gasteiger partial charge in [-0.25, -0.2) is 4.90 Å². The highest BCUT2D eigenvalue weighted by Crippen LogP contribution is 2.52. The number of fused-ring (bicyclic) bond motifs is 5. The molecule has 23 heavy (non-hydrogen) atoms. The third kappa shape index (κ3) is 1.67. The Bertz CT molecular complexity index is 775. The molecule has 8 nitrogen and oxygen atoms in total. The van der Waals surface area contributed by atoms with Crippen LogP contribution in [0.3, 0.4) is 0 Å². The van der Waals surface area contributed by atoms with E-state index in [-0.39, 0.29) is 11.4 Å². The first-order valence-electron chi connectivity index (χ1n) is 7.09. The number of amides is 2. The van der Waals surface area contributed by atoms with Crippen molar-refractivity contribution >= 4 is 23.2 Å². The molecule has 4 rings (SSSR count). The molecule has 0 aromatic heterocycles. The van der Waals surface area contributed by atoms with Crippen LogP contribution in [0.1, 0.15) is 0 Å². The van der Waals surface area contributed by atoms with Crippen LogP contribution in [0, 0.1) is 22.0 Å². The first-order chi connectivity index (χ1) is 11.0. The lowest BCUT2D eigenvalue weighted by Crippen LogP contribution is -2.43. The highest BCUT2D eigenvalue weighted by atomic mass is 16.6. The van der Waals surface area contributed by atoms with Gasteiger partial charge >= 0.3 is 0 Å². The number of nitrogens with zero attached hydrogens (tertiary/aromatic N) is 2. The molecule has 0 saturated carbocycles. The predicted molar refractivity (Wildman–Crippen MR) is 76.4 cm³/mol. The number of non-ortho nitro benzene ring substituents is 1. The van der Waals surface area contributed by atoms with E-state index in [1.807, 2.05) is 0 Å². The van der Waals surface area contributed by atoms with E-state index in [2.05, 4.69) is 0 Å². The van der Waals surface area contributed by atoms with Gasteiger partial charge in [-0.2, -0.15) is 0 Å². The van der Waals surface area contributed by atoms with Crippen molar-refractivity contribution in [2.24, 2.45) is 11.8 Å². The number of nitro benzene ring substituents is 1. The number of rotatable bonds is 3. The van der Waals surface area contributed by atoms with Crippen molar-refractivity contribution in [1.29, 1.82) is 0 Å². The normalized spacial score (nSPS) is 34.3. The summed E-state index contributed by atoms with van der Waals surface area (Å²) >= 11 is 0. The van der Waals surface area contributed by atoms with Gasteiger partial charge in [-0.1, -0.05) is 18.2 Å². The standard InChI is InChI=1S/C15H12N2O6/c18-7-15-5-4-10(23-15)11-12(15)14(20)16(13(11)19)8-2-1-3-9(6-8)17(21)22/h1-6,10-12,18H,7H2. The fourth-order valence-electron chi connectivity index (χ4n) is 3.68. The Balaban J connectivity index is 1.76. The minimum atomic E-state index is -1.17. The number of aliphatic hydroxyl groups is 1. The molecule has 2 bridgehead atoms. The molecular formula is C15H12N2O6. The number of carbonyl (C=O) groups is 2. The van der Waals surface area contributed by atoms with Gasteiger partial charge in [0.15, 0.2) is 0 Å².